The first-order valence-electron chi connectivity index (χ1n) is 6.45. The summed E-state index contributed by atoms with van der Waals surface area (Å²) in [6.07, 6.45) is 0.206. The number of likely N-dealkylation sites (tertiary alicyclic amines) is 1. The van der Waals surface area contributed by atoms with Crippen molar-refractivity contribution in [2.24, 2.45) is 5.92 Å². The van der Waals surface area contributed by atoms with Crippen LogP contribution in [0.3, 0.4) is 0 Å². The number of hydrogen-bond donors (Lipinski definition) is 2. The fraction of sp³-hybridized carbons (Fsp3) is 0.357. The number of carboxylic acid groups (broad SMARTS) is 1. The smallest absolute Gasteiger partial charge is 0.341 e. The van der Waals surface area contributed by atoms with Crippen LogP contribution in [0.4, 0.5) is 5.69 Å². The summed E-state index contributed by atoms with van der Waals surface area (Å²) in [6.45, 7) is -0.0425. The maximum atomic E-state index is 12.1. The van der Waals surface area contributed by atoms with Gasteiger partial charge in [0.1, 0.15) is 5.75 Å². The highest BCUT2D eigenvalue weighted by atomic mass is 16.5. The molecule has 1 heterocycles. The van der Waals surface area contributed by atoms with Crippen LogP contribution < -0.4 is 10.1 Å². The Bertz CT molecular complexity index is 572. The fourth-order valence-electron chi connectivity index (χ4n) is 2.09. The molecule has 2 amide bonds. The van der Waals surface area contributed by atoms with Crippen LogP contribution in [0.5, 0.6) is 5.75 Å². The molecule has 0 spiro atoms. The third-order valence-corrected chi connectivity index (χ3v) is 3.18. The third kappa shape index (κ3) is 3.95. The Morgan fingerprint density at radius 3 is 2.86 bits per heavy atom. The summed E-state index contributed by atoms with van der Waals surface area (Å²) in [5, 5.41) is 11.3. The molecule has 2 rings (SSSR count). The maximum Gasteiger partial charge on any atom is 0.341 e. The van der Waals surface area contributed by atoms with Crippen molar-refractivity contribution in [3.05, 3.63) is 24.3 Å². The van der Waals surface area contributed by atoms with Crippen LogP contribution in [0.2, 0.25) is 0 Å². The quantitative estimate of drug-likeness (QED) is 0.827. The minimum atomic E-state index is -1.07. The molecule has 2 N–H and O–H groups in total. The molecule has 1 unspecified atom stereocenters. The molecule has 1 atom stereocenters. The summed E-state index contributed by atoms with van der Waals surface area (Å²) in [4.78, 5) is 35.4. The van der Waals surface area contributed by atoms with Gasteiger partial charge in [-0.15, -0.1) is 0 Å². The van der Waals surface area contributed by atoms with Gasteiger partial charge in [-0.1, -0.05) is 6.07 Å². The summed E-state index contributed by atoms with van der Waals surface area (Å²) in [5.41, 5.74) is 0.505. The van der Waals surface area contributed by atoms with Crippen LogP contribution in [0, 0.1) is 5.92 Å². The minimum Gasteiger partial charge on any atom is -0.482 e. The molecule has 7 nitrogen and oxygen atoms in total. The number of carbonyl (C=O) groups excluding carboxylic acids is 2. The minimum absolute atomic E-state index is 0.0475. The standard InChI is InChI=1S/C14H16N2O5/c1-16-7-9(5-12(16)17)14(20)15-10-3-2-4-11(6-10)21-8-13(18)19/h2-4,6,9H,5,7-8H2,1H3,(H,15,20)(H,18,19). The van der Waals surface area contributed by atoms with E-state index in [1.165, 1.54) is 4.90 Å². The van der Waals surface area contributed by atoms with Gasteiger partial charge in [-0.05, 0) is 12.1 Å². The predicted molar refractivity (Wildman–Crippen MR) is 73.9 cm³/mol. The Balaban J connectivity index is 1.96. The van der Waals surface area contributed by atoms with Gasteiger partial charge in [-0.3, -0.25) is 9.59 Å². The number of nitrogens with one attached hydrogen (secondary N) is 1. The van der Waals surface area contributed by atoms with Crippen LogP contribution >= 0.6 is 0 Å². The van der Waals surface area contributed by atoms with Gasteiger partial charge in [-0.2, -0.15) is 0 Å². The lowest BCUT2D eigenvalue weighted by Gasteiger charge is -2.12. The normalized spacial score (nSPS) is 17.7. The number of rotatable bonds is 5. The molecule has 1 saturated heterocycles. The molecule has 112 valence electrons. The topological polar surface area (TPSA) is 95.9 Å². The zero-order chi connectivity index (χ0) is 15.4. The Morgan fingerprint density at radius 2 is 2.24 bits per heavy atom. The molecular weight excluding hydrogens is 276 g/mol. The monoisotopic (exact) mass is 292 g/mol. The van der Waals surface area contributed by atoms with Crippen molar-refractivity contribution >= 4 is 23.5 Å². The van der Waals surface area contributed by atoms with E-state index in [0.717, 1.165) is 0 Å². The number of benzene rings is 1. The van der Waals surface area contributed by atoms with Gasteiger partial charge in [0.05, 0.1) is 5.92 Å². The SMILES string of the molecule is CN1CC(C(=O)Nc2cccc(OCC(=O)O)c2)CC1=O. The van der Waals surface area contributed by atoms with Gasteiger partial charge in [0.15, 0.2) is 6.61 Å². The highest BCUT2D eigenvalue weighted by Gasteiger charge is 2.32. The molecule has 0 aromatic heterocycles. The Hall–Kier alpha value is -2.57. The van der Waals surface area contributed by atoms with E-state index >= 15 is 0 Å². The van der Waals surface area contributed by atoms with Gasteiger partial charge < -0.3 is 20.1 Å². The van der Waals surface area contributed by atoms with E-state index in [-0.39, 0.29) is 24.2 Å². The van der Waals surface area contributed by atoms with E-state index in [1.54, 1.807) is 31.3 Å². The summed E-state index contributed by atoms with van der Waals surface area (Å²) < 4.78 is 5.04. The van der Waals surface area contributed by atoms with Crippen molar-refractivity contribution in [1.29, 1.82) is 0 Å². The predicted octanol–water partition coefficient (Wildman–Crippen LogP) is 0.567. The van der Waals surface area contributed by atoms with Crippen LogP contribution in [-0.4, -0.2) is 48.0 Å². The molecule has 0 bridgehead atoms. The van der Waals surface area contributed by atoms with Gasteiger partial charge in [-0.25, -0.2) is 4.79 Å². The van der Waals surface area contributed by atoms with E-state index in [0.29, 0.717) is 18.0 Å². The summed E-state index contributed by atoms with van der Waals surface area (Å²) >= 11 is 0. The summed E-state index contributed by atoms with van der Waals surface area (Å²) in [7, 11) is 1.66. The lowest BCUT2D eigenvalue weighted by atomic mass is 10.1. The lowest BCUT2D eigenvalue weighted by Crippen LogP contribution is -2.25. The molecule has 1 fully saturated rings. The number of nitrogens with zero attached hydrogens (tertiary/aromatic N) is 1. The van der Waals surface area contributed by atoms with Crippen molar-refractivity contribution in [3.8, 4) is 5.75 Å². The highest BCUT2D eigenvalue weighted by molar-refractivity contribution is 5.97. The summed E-state index contributed by atoms with van der Waals surface area (Å²) in [5.74, 6) is -1.37. The first kappa shape index (κ1) is 14.8. The molecule has 0 radical (unpaired) electrons. The molecule has 1 aliphatic rings. The van der Waals surface area contributed by atoms with Gasteiger partial charge in [0.25, 0.3) is 0 Å². The van der Waals surface area contributed by atoms with Gasteiger partial charge >= 0.3 is 5.97 Å². The molecule has 1 aromatic carbocycles. The van der Waals surface area contributed by atoms with Crippen LogP contribution in [-0.2, 0) is 14.4 Å². The number of aliphatic carboxylic acids is 1. The molecule has 0 aliphatic carbocycles. The number of carbonyl (C=O) groups is 3. The second kappa shape index (κ2) is 6.25. The second-order valence-electron chi connectivity index (χ2n) is 4.87. The van der Waals surface area contributed by atoms with Crippen LogP contribution in [0.25, 0.3) is 0 Å². The van der Waals surface area contributed by atoms with Crippen molar-refractivity contribution < 1.29 is 24.2 Å². The molecule has 0 saturated carbocycles. The van der Waals surface area contributed by atoms with Gasteiger partial charge in [0.2, 0.25) is 11.8 Å². The van der Waals surface area contributed by atoms with E-state index < -0.39 is 12.6 Å². The Labute approximate surface area is 121 Å². The Kier molecular flexibility index (Phi) is 4.42. The first-order valence-corrected chi connectivity index (χ1v) is 6.45. The van der Waals surface area contributed by atoms with Crippen molar-refractivity contribution in [1.82, 2.24) is 4.90 Å². The zero-order valence-corrected chi connectivity index (χ0v) is 11.5. The average Bonchev–Trinajstić information content (AvgIpc) is 2.77. The fourth-order valence-corrected chi connectivity index (χ4v) is 2.09. The first-order chi connectivity index (χ1) is 9.95. The number of hydrogen-bond acceptors (Lipinski definition) is 4. The van der Waals surface area contributed by atoms with E-state index in [4.69, 9.17) is 9.84 Å². The molecule has 21 heavy (non-hydrogen) atoms. The largest absolute Gasteiger partial charge is 0.482 e. The van der Waals surface area contributed by atoms with Crippen molar-refractivity contribution in [2.45, 2.75) is 6.42 Å². The van der Waals surface area contributed by atoms with Crippen molar-refractivity contribution in [3.63, 3.8) is 0 Å². The molecule has 1 aromatic rings. The lowest BCUT2D eigenvalue weighted by molar-refractivity contribution is -0.139. The summed E-state index contributed by atoms with van der Waals surface area (Å²) in [6, 6.07) is 6.47. The van der Waals surface area contributed by atoms with Crippen molar-refractivity contribution in [2.75, 3.05) is 25.5 Å². The second-order valence-corrected chi connectivity index (χ2v) is 4.87. The van der Waals surface area contributed by atoms with Crippen LogP contribution in [0.15, 0.2) is 24.3 Å². The zero-order valence-electron chi connectivity index (χ0n) is 11.5. The number of ether oxygens (including phenoxy) is 1. The van der Waals surface area contributed by atoms with Gasteiger partial charge in [0, 0.05) is 31.8 Å². The maximum absolute atomic E-state index is 12.1. The Morgan fingerprint density at radius 1 is 1.48 bits per heavy atom. The molecule has 7 heteroatoms. The van der Waals surface area contributed by atoms with E-state index in [1.807, 2.05) is 0 Å². The number of amides is 2. The number of anilines is 1. The third-order valence-electron chi connectivity index (χ3n) is 3.18. The van der Waals surface area contributed by atoms with E-state index in [9.17, 15) is 14.4 Å². The number of carboxylic acids is 1. The highest BCUT2D eigenvalue weighted by Crippen LogP contribution is 2.21. The molecular formula is C14H16N2O5. The van der Waals surface area contributed by atoms with E-state index in [2.05, 4.69) is 5.32 Å². The molecule has 1 aliphatic heterocycles. The van der Waals surface area contributed by atoms with Crippen LogP contribution in [0.1, 0.15) is 6.42 Å². The average molecular weight is 292 g/mol.